The third-order valence-corrected chi connectivity index (χ3v) is 5.73. The Labute approximate surface area is 159 Å². The summed E-state index contributed by atoms with van der Waals surface area (Å²) in [6, 6.07) is 9.72. The molecule has 132 valence electrons. The Morgan fingerprint density at radius 3 is 2.69 bits per heavy atom. The van der Waals surface area contributed by atoms with Crippen molar-refractivity contribution >= 4 is 32.7 Å². The van der Waals surface area contributed by atoms with Crippen molar-refractivity contribution in [2.75, 3.05) is 18.0 Å². The number of benzene rings is 1. The zero-order chi connectivity index (χ0) is 17.7. The van der Waals surface area contributed by atoms with Crippen LogP contribution in [0.25, 0.3) is 10.9 Å². The molecule has 2 bridgehead atoms. The van der Waals surface area contributed by atoms with Crippen molar-refractivity contribution in [1.82, 2.24) is 19.9 Å². The van der Waals surface area contributed by atoms with Crippen molar-refractivity contribution in [3.63, 3.8) is 0 Å². The van der Waals surface area contributed by atoms with E-state index in [0.717, 1.165) is 41.0 Å². The molecule has 3 aliphatic heterocycles. The molecule has 0 amide bonds. The van der Waals surface area contributed by atoms with Gasteiger partial charge in [0.2, 0.25) is 0 Å². The van der Waals surface area contributed by atoms with Gasteiger partial charge in [-0.15, -0.1) is 0 Å². The van der Waals surface area contributed by atoms with Gasteiger partial charge in [0.05, 0.1) is 11.2 Å². The number of aromatic nitrogens is 3. The summed E-state index contributed by atoms with van der Waals surface area (Å²) in [5.74, 6) is 0.664. The molecule has 0 aliphatic carbocycles. The monoisotopic (exact) mass is 413 g/mol. The van der Waals surface area contributed by atoms with Crippen LogP contribution in [-0.2, 0) is 6.54 Å². The van der Waals surface area contributed by atoms with E-state index >= 15 is 0 Å². The van der Waals surface area contributed by atoms with E-state index in [2.05, 4.69) is 46.7 Å². The fourth-order valence-corrected chi connectivity index (χ4v) is 4.36. The van der Waals surface area contributed by atoms with Gasteiger partial charge < -0.3 is 4.90 Å². The Bertz CT molecular complexity index is 952. The smallest absolute Gasteiger partial charge is 0.140 e. The van der Waals surface area contributed by atoms with Gasteiger partial charge in [0.1, 0.15) is 18.0 Å². The molecule has 1 aromatic carbocycles. The Kier molecular flexibility index (Phi) is 3.86. The quantitative estimate of drug-likeness (QED) is 0.658. The number of hydrogen-bond donors (Lipinski definition) is 0. The highest BCUT2D eigenvalue weighted by Crippen LogP contribution is 2.39. The Balaban J connectivity index is 1.36. The summed E-state index contributed by atoms with van der Waals surface area (Å²) in [7, 11) is 0. The van der Waals surface area contributed by atoms with Gasteiger partial charge in [-0.2, -0.15) is 0 Å². The highest BCUT2D eigenvalue weighted by atomic mass is 79.9. The average molecular weight is 414 g/mol. The number of pyridine rings is 1. The van der Waals surface area contributed by atoms with E-state index in [1.807, 2.05) is 12.3 Å². The number of nitrogens with zero attached hydrogens (tertiary/aromatic N) is 5. The number of rotatable bonds is 3. The highest BCUT2D eigenvalue weighted by Gasteiger charge is 2.45. The van der Waals surface area contributed by atoms with Crippen molar-refractivity contribution in [2.45, 2.75) is 25.0 Å². The molecular formula is C19H17BrFN5. The molecule has 0 N–H and O–H groups in total. The van der Waals surface area contributed by atoms with E-state index in [1.165, 1.54) is 24.9 Å². The molecule has 6 rings (SSSR count). The molecule has 5 nitrogen and oxygen atoms in total. The number of anilines is 1. The first-order chi connectivity index (χ1) is 12.7. The maximum Gasteiger partial charge on any atom is 0.140 e. The topological polar surface area (TPSA) is 45.2 Å². The standard InChI is InChI=1S/C19H17BrFN5/c20-12-1-3-14(22-7-12)8-25-9-15-6-16(10-25)26(15)19-17-4-2-13(21)5-18(17)23-11-24-19/h1-5,7,11,15-16H,6,8-10H2. The van der Waals surface area contributed by atoms with Crippen LogP contribution in [0.4, 0.5) is 10.2 Å². The second-order valence-electron chi connectivity index (χ2n) is 6.97. The number of halogens is 2. The van der Waals surface area contributed by atoms with Gasteiger partial charge in [0.25, 0.3) is 0 Å². The van der Waals surface area contributed by atoms with Gasteiger partial charge in [-0.1, -0.05) is 0 Å². The van der Waals surface area contributed by atoms with Crippen molar-refractivity contribution < 1.29 is 4.39 Å². The fourth-order valence-electron chi connectivity index (χ4n) is 4.12. The third-order valence-electron chi connectivity index (χ3n) is 5.27. The number of fused-ring (bicyclic) bond motifs is 3. The second-order valence-corrected chi connectivity index (χ2v) is 7.89. The fraction of sp³-hybridized carbons (Fsp3) is 0.316. The van der Waals surface area contributed by atoms with Crippen LogP contribution >= 0.6 is 15.9 Å². The predicted octanol–water partition coefficient (Wildman–Crippen LogP) is 3.39. The summed E-state index contributed by atoms with van der Waals surface area (Å²) < 4.78 is 14.5. The lowest BCUT2D eigenvalue weighted by Gasteiger charge is -2.57. The third kappa shape index (κ3) is 2.75. The maximum absolute atomic E-state index is 13.5. The minimum Gasteiger partial charge on any atom is -0.347 e. The molecule has 3 aromatic rings. The Hall–Kier alpha value is -2.12. The predicted molar refractivity (Wildman–Crippen MR) is 101 cm³/mol. The molecule has 7 heteroatoms. The van der Waals surface area contributed by atoms with Crippen LogP contribution in [0.3, 0.4) is 0 Å². The normalized spacial score (nSPS) is 22.5. The van der Waals surface area contributed by atoms with Gasteiger partial charge in [0.15, 0.2) is 0 Å². The summed E-state index contributed by atoms with van der Waals surface area (Å²) in [5.41, 5.74) is 1.75. The van der Waals surface area contributed by atoms with Crippen LogP contribution in [0.5, 0.6) is 0 Å². The molecule has 3 aliphatic rings. The summed E-state index contributed by atoms with van der Waals surface area (Å²) in [6.07, 6.45) is 4.56. The van der Waals surface area contributed by atoms with Crippen molar-refractivity contribution in [2.24, 2.45) is 0 Å². The molecule has 0 saturated carbocycles. The first kappa shape index (κ1) is 16.1. The molecule has 5 heterocycles. The molecular weight excluding hydrogens is 397 g/mol. The van der Waals surface area contributed by atoms with Gasteiger partial charge in [-0.25, -0.2) is 14.4 Å². The van der Waals surface area contributed by atoms with E-state index < -0.39 is 0 Å². The van der Waals surface area contributed by atoms with E-state index in [0.29, 0.717) is 17.6 Å². The van der Waals surface area contributed by atoms with Crippen LogP contribution in [0.2, 0.25) is 0 Å². The summed E-state index contributed by atoms with van der Waals surface area (Å²) in [4.78, 5) is 18.0. The summed E-state index contributed by atoms with van der Waals surface area (Å²) >= 11 is 3.43. The minimum atomic E-state index is -0.265. The SMILES string of the molecule is Fc1ccc2c(N3C4CC3CN(Cc3ccc(Br)cn3)C4)ncnc2c1. The second kappa shape index (κ2) is 6.25. The summed E-state index contributed by atoms with van der Waals surface area (Å²) in [6.45, 7) is 2.84. The lowest BCUT2D eigenvalue weighted by molar-refractivity contribution is 0.107. The first-order valence-electron chi connectivity index (χ1n) is 8.69. The van der Waals surface area contributed by atoms with Gasteiger partial charge in [-0.3, -0.25) is 9.88 Å². The van der Waals surface area contributed by atoms with E-state index in [-0.39, 0.29) is 5.82 Å². The lowest BCUT2D eigenvalue weighted by atomic mass is 9.87. The molecule has 2 aromatic heterocycles. The van der Waals surface area contributed by atoms with Gasteiger partial charge in [-0.05, 0) is 46.6 Å². The number of piperazine rings is 1. The maximum atomic E-state index is 13.5. The Morgan fingerprint density at radius 2 is 1.92 bits per heavy atom. The first-order valence-corrected chi connectivity index (χ1v) is 9.48. The number of piperidine rings is 1. The van der Waals surface area contributed by atoms with Crippen LogP contribution in [0, 0.1) is 5.82 Å². The molecule has 3 saturated heterocycles. The minimum absolute atomic E-state index is 0.265. The zero-order valence-electron chi connectivity index (χ0n) is 14.0. The van der Waals surface area contributed by atoms with E-state index in [1.54, 1.807) is 6.07 Å². The van der Waals surface area contributed by atoms with Gasteiger partial charge >= 0.3 is 0 Å². The van der Waals surface area contributed by atoms with E-state index in [9.17, 15) is 4.39 Å². The molecule has 26 heavy (non-hydrogen) atoms. The van der Waals surface area contributed by atoms with Crippen LogP contribution < -0.4 is 4.90 Å². The highest BCUT2D eigenvalue weighted by molar-refractivity contribution is 9.10. The van der Waals surface area contributed by atoms with Crippen molar-refractivity contribution in [1.29, 1.82) is 0 Å². The summed E-state index contributed by atoms with van der Waals surface area (Å²) in [5, 5.41) is 0.923. The Morgan fingerprint density at radius 1 is 1.08 bits per heavy atom. The molecule has 2 unspecified atom stereocenters. The van der Waals surface area contributed by atoms with Crippen LogP contribution in [0.15, 0.2) is 47.3 Å². The zero-order valence-corrected chi connectivity index (χ0v) is 15.6. The van der Waals surface area contributed by atoms with Crippen LogP contribution in [-0.4, -0.2) is 45.0 Å². The molecule has 3 fully saturated rings. The van der Waals surface area contributed by atoms with E-state index in [4.69, 9.17) is 0 Å². The largest absolute Gasteiger partial charge is 0.347 e. The average Bonchev–Trinajstić information content (AvgIpc) is 2.63. The van der Waals surface area contributed by atoms with Crippen molar-refractivity contribution in [3.05, 3.63) is 58.8 Å². The molecule has 2 atom stereocenters. The molecule has 0 radical (unpaired) electrons. The number of hydrogen-bond acceptors (Lipinski definition) is 5. The lowest BCUT2D eigenvalue weighted by Crippen LogP contribution is -2.69. The van der Waals surface area contributed by atoms with Gasteiger partial charge in [0, 0.05) is 53.8 Å². The van der Waals surface area contributed by atoms with Crippen LogP contribution in [0.1, 0.15) is 12.1 Å². The van der Waals surface area contributed by atoms with Crippen molar-refractivity contribution in [3.8, 4) is 0 Å². The molecule has 0 spiro atoms.